The van der Waals surface area contributed by atoms with Gasteiger partial charge in [-0.3, -0.25) is 0 Å². The number of aliphatic hydroxyl groups is 2. The van der Waals surface area contributed by atoms with Gasteiger partial charge in [0.25, 0.3) is 0 Å². The lowest BCUT2D eigenvalue weighted by atomic mass is 10.4. The summed E-state index contributed by atoms with van der Waals surface area (Å²) in [6.45, 7) is 15.4. The van der Waals surface area contributed by atoms with Crippen LogP contribution in [-0.2, 0) is 0 Å². The van der Waals surface area contributed by atoms with Crippen molar-refractivity contribution >= 4 is 29.7 Å². The molecule has 0 aliphatic carbocycles. The highest BCUT2D eigenvalue weighted by molar-refractivity contribution is 5.42. The van der Waals surface area contributed by atoms with Crippen molar-refractivity contribution in [2.24, 2.45) is 0 Å². The van der Waals surface area contributed by atoms with Gasteiger partial charge in [0.15, 0.2) is 0 Å². The second kappa shape index (κ2) is 22.1. The number of aliphatic hydroxyl groups excluding tert-OH is 2. The Hall–Kier alpha value is -3.10. The standard InChI is InChI=1S/C10H19N7.C6H11N5O.C4H10.C3H8O/c1-2-3-13-9-14-8(11)15-10(16-9)17-6-4-12-5-7-17;1-4-9-5(7)11-6(10-4)8-2-3-12;1-3-4-2;1-2-3-4/h12H,2-7H2,1H3,(H3,11,13,14,15,16);12H,2-3H2,1H3,(H3,7,8,9,10,11);3-4H2,1-2H3;4H,2-3H2,1H3. The minimum Gasteiger partial charge on any atom is -0.396 e. The molecule has 14 nitrogen and oxygen atoms in total. The van der Waals surface area contributed by atoms with E-state index in [1.165, 1.54) is 12.8 Å². The molecule has 0 atom stereocenters. The first-order valence-corrected chi connectivity index (χ1v) is 13.0. The van der Waals surface area contributed by atoms with Crippen LogP contribution in [0.2, 0.25) is 0 Å². The Balaban J connectivity index is 0.000000562. The number of rotatable bonds is 9. The van der Waals surface area contributed by atoms with Gasteiger partial charge in [-0.15, -0.1) is 0 Å². The van der Waals surface area contributed by atoms with Crippen LogP contribution >= 0.6 is 0 Å². The van der Waals surface area contributed by atoms with Gasteiger partial charge >= 0.3 is 0 Å². The first kappa shape index (κ1) is 33.9. The Morgan fingerprint density at radius 3 is 1.76 bits per heavy atom. The Bertz CT molecular complexity index is 794. The largest absolute Gasteiger partial charge is 0.396 e. The smallest absolute Gasteiger partial charge is 0.232 e. The molecule has 0 bridgehead atoms. The molecule has 1 aliphatic rings. The van der Waals surface area contributed by atoms with Crippen LogP contribution in [0.3, 0.4) is 0 Å². The van der Waals surface area contributed by atoms with E-state index in [1.54, 1.807) is 6.92 Å². The van der Waals surface area contributed by atoms with Gasteiger partial charge in [-0.2, -0.15) is 29.9 Å². The molecule has 1 saturated heterocycles. The van der Waals surface area contributed by atoms with Crippen LogP contribution in [0.15, 0.2) is 0 Å². The fourth-order valence-electron chi connectivity index (χ4n) is 2.45. The van der Waals surface area contributed by atoms with E-state index in [2.05, 4.69) is 71.5 Å². The van der Waals surface area contributed by atoms with Crippen LogP contribution in [0.5, 0.6) is 0 Å². The third-order valence-corrected chi connectivity index (χ3v) is 4.46. The number of anilines is 5. The number of unbranched alkanes of at least 4 members (excludes halogenated alkanes) is 1. The number of piperazine rings is 1. The summed E-state index contributed by atoms with van der Waals surface area (Å²) in [6, 6.07) is 0. The second-order valence-electron chi connectivity index (χ2n) is 7.92. The van der Waals surface area contributed by atoms with Crippen molar-refractivity contribution in [3.8, 4) is 0 Å². The zero-order chi connectivity index (χ0) is 27.9. The molecule has 3 rings (SSSR count). The van der Waals surface area contributed by atoms with Gasteiger partial charge < -0.3 is 42.5 Å². The minimum atomic E-state index is 0.0324. The van der Waals surface area contributed by atoms with Gasteiger partial charge in [-0.05, 0) is 19.8 Å². The van der Waals surface area contributed by atoms with Crippen LogP contribution in [-0.4, -0.2) is 92.6 Å². The molecule has 0 radical (unpaired) electrons. The maximum absolute atomic E-state index is 8.50. The van der Waals surface area contributed by atoms with Crippen molar-refractivity contribution in [2.75, 3.05) is 79.5 Å². The molecule has 37 heavy (non-hydrogen) atoms. The van der Waals surface area contributed by atoms with Gasteiger partial charge in [0, 0.05) is 45.9 Å². The predicted molar refractivity (Wildman–Crippen MR) is 151 cm³/mol. The lowest BCUT2D eigenvalue weighted by Gasteiger charge is -2.27. The van der Waals surface area contributed by atoms with Crippen molar-refractivity contribution in [2.45, 2.75) is 60.3 Å². The van der Waals surface area contributed by atoms with E-state index < -0.39 is 0 Å². The molecule has 0 spiro atoms. The second-order valence-corrected chi connectivity index (χ2v) is 7.92. The van der Waals surface area contributed by atoms with Crippen molar-refractivity contribution < 1.29 is 10.2 Å². The van der Waals surface area contributed by atoms with E-state index in [0.717, 1.165) is 45.6 Å². The highest BCUT2D eigenvalue weighted by atomic mass is 16.3. The van der Waals surface area contributed by atoms with E-state index in [-0.39, 0.29) is 18.5 Å². The fraction of sp³-hybridized carbons (Fsp3) is 0.739. The number of nitrogens with one attached hydrogen (secondary N) is 3. The summed E-state index contributed by atoms with van der Waals surface area (Å²) in [6.07, 6.45) is 4.54. The molecule has 0 unspecified atom stereocenters. The molecule has 1 aliphatic heterocycles. The van der Waals surface area contributed by atoms with Crippen molar-refractivity contribution in [1.82, 2.24) is 35.2 Å². The zero-order valence-corrected chi connectivity index (χ0v) is 23.2. The van der Waals surface area contributed by atoms with Crippen LogP contribution in [0.25, 0.3) is 0 Å². The van der Waals surface area contributed by atoms with Crippen molar-refractivity contribution in [1.29, 1.82) is 0 Å². The molecule has 1 fully saturated rings. The van der Waals surface area contributed by atoms with Gasteiger partial charge in [-0.1, -0.05) is 40.5 Å². The van der Waals surface area contributed by atoms with Gasteiger partial charge in [0.2, 0.25) is 29.7 Å². The van der Waals surface area contributed by atoms with Gasteiger partial charge in [-0.25, -0.2) is 0 Å². The summed E-state index contributed by atoms with van der Waals surface area (Å²) in [5.74, 6) is 2.64. The summed E-state index contributed by atoms with van der Waals surface area (Å²) in [7, 11) is 0. The molecule has 0 amide bonds. The number of nitrogens with two attached hydrogens (primary N) is 2. The zero-order valence-electron chi connectivity index (χ0n) is 23.2. The van der Waals surface area contributed by atoms with Crippen LogP contribution in [0.4, 0.5) is 29.7 Å². The maximum atomic E-state index is 8.50. The van der Waals surface area contributed by atoms with E-state index in [9.17, 15) is 0 Å². The van der Waals surface area contributed by atoms with Crippen molar-refractivity contribution in [3.63, 3.8) is 0 Å². The van der Waals surface area contributed by atoms with E-state index >= 15 is 0 Å². The molecule has 2 aromatic rings. The topological polar surface area (TPSA) is 209 Å². The number of hydrogen-bond donors (Lipinski definition) is 7. The lowest BCUT2D eigenvalue weighted by Crippen LogP contribution is -2.44. The minimum absolute atomic E-state index is 0.0324. The third kappa shape index (κ3) is 17.1. The molecule has 0 aromatic carbocycles. The van der Waals surface area contributed by atoms with E-state index in [1.807, 2.05) is 6.92 Å². The Morgan fingerprint density at radius 2 is 1.27 bits per heavy atom. The third-order valence-electron chi connectivity index (χ3n) is 4.46. The maximum Gasteiger partial charge on any atom is 0.232 e. The van der Waals surface area contributed by atoms with Crippen LogP contribution in [0, 0.1) is 6.92 Å². The number of aromatic nitrogens is 6. The normalized spacial score (nSPS) is 12.1. The summed E-state index contributed by atoms with van der Waals surface area (Å²) in [4.78, 5) is 26.3. The summed E-state index contributed by atoms with van der Waals surface area (Å²) in [5.41, 5.74) is 11.1. The first-order chi connectivity index (χ1) is 17.8. The average Bonchev–Trinajstić information content (AvgIpc) is 2.91. The molecule has 14 heteroatoms. The van der Waals surface area contributed by atoms with Crippen LogP contribution < -0.4 is 32.3 Å². The Morgan fingerprint density at radius 1 is 0.730 bits per heavy atom. The summed E-state index contributed by atoms with van der Waals surface area (Å²) >= 11 is 0. The van der Waals surface area contributed by atoms with E-state index in [4.69, 9.17) is 21.7 Å². The van der Waals surface area contributed by atoms with Crippen molar-refractivity contribution in [3.05, 3.63) is 5.82 Å². The fourth-order valence-corrected chi connectivity index (χ4v) is 2.45. The molecular weight excluding hydrogens is 476 g/mol. The highest BCUT2D eigenvalue weighted by Crippen LogP contribution is 2.12. The van der Waals surface area contributed by atoms with Gasteiger partial charge in [0.05, 0.1) is 6.61 Å². The predicted octanol–water partition coefficient (Wildman–Crippen LogP) is 1.05. The number of nitrogens with zero attached hydrogens (tertiary/aromatic N) is 7. The Kier molecular flexibility index (Phi) is 20.3. The first-order valence-electron chi connectivity index (χ1n) is 13.0. The number of aryl methyl sites for hydroxylation is 1. The highest BCUT2D eigenvalue weighted by Gasteiger charge is 2.14. The SMILES string of the molecule is CCCC.CCCNc1nc(N)nc(N2CCNCC2)n1.CCCO.Cc1nc(N)nc(NCCO)n1. The quantitative estimate of drug-likeness (QED) is 0.244. The molecule has 2 aromatic heterocycles. The molecule has 9 N–H and O–H groups in total. The van der Waals surface area contributed by atoms with Gasteiger partial charge in [0.1, 0.15) is 5.82 Å². The Labute approximate surface area is 221 Å². The lowest BCUT2D eigenvalue weighted by molar-refractivity contribution is 0.295. The monoisotopic (exact) mass is 524 g/mol. The molecule has 0 saturated carbocycles. The number of hydrogen-bond acceptors (Lipinski definition) is 14. The number of nitrogen functional groups attached to an aromatic ring is 2. The average molecular weight is 525 g/mol. The van der Waals surface area contributed by atoms with E-state index in [0.29, 0.717) is 36.8 Å². The molecular formula is C23H48N12O2. The van der Waals surface area contributed by atoms with Crippen LogP contribution in [0.1, 0.15) is 59.2 Å². The summed E-state index contributed by atoms with van der Waals surface area (Å²) in [5, 5.41) is 25.6. The molecule has 212 valence electrons. The summed E-state index contributed by atoms with van der Waals surface area (Å²) < 4.78 is 0. The molecule has 3 heterocycles.